The predicted molar refractivity (Wildman–Crippen MR) is 62.4 cm³/mol. The van der Waals surface area contributed by atoms with Gasteiger partial charge in [0.15, 0.2) is 6.17 Å². The number of fused-ring (bicyclic) bond motifs is 1. The highest BCUT2D eigenvalue weighted by Crippen LogP contribution is 2.18. The van der Waals surface area contributed by atoms with Crippen molar-refractivity contribution in [2.24, 2.45) is 9.98 Å². The van der Waals surface area contributed by atoms with Gasteiger partial charge in [-0.2, -0.15) is 0 Å². The van der Waals surface area contributed by atoms with Crippen LogP contribution in [-0.2, 0) is 0 Å². The maximum atomic E-state index is 10.7. The molecule has 3 rings (SSSR count). The molecule has 0 N–H and O–H groups in total. The van der Waals surface area contributed by atoms with Crippen molar-refractivity contribution in [3.8, 4) is 0 Å². The summed E-state index contributed by atoms with van der Waals surface area (Å²) in [6.45, 7) is 0. The Morgan fingerprint density at radius 2 is 2.00 bits per heavy atom. The van der Waals surface area contributed by atoms with Gasteiger partial charge in [-0.05, 0) is 12.1 Å². The van der Waals surface area contributed by atoms with Crippen LogP contribution in [0.1, 0.15) is 11.7 Å². The molecule has 0 bridgehead atoms. The molecule has 2 heterocycles. The Balaban J connectivity index is 2.08. The van der Waals surface area contributed by atoms with Crippen LogP contribution in [0.4, 0.5) is 5.69 Å². The number of non-ortho nitro benzene ring substituents is 1. The predicted octanol–water partition coefficient (Wildman–Crippen LogP) is 0.941. The Kier molecular flexibility index (Phi) is 2.33. The van der Waals surface area contributed by atoms with E-state index in [1.54, 1.807) is 18.5 Å². The average Bonchev–Trinajstić information content (AvgIpc) is 2.82. The lowest BCUT2D eigenvalue weighted by Crippen LogP contribution is -2.21. The van der Waals surface area contributed by atoms with Crippen LogP contribution in [0.5, 0.6) is 0 Å². The maximum Gasteiger partial charge on any atom is 0.271 e. The smallest absolute Gasteiger partial charge is 0.264 e. The first-order valence-electron chi connectivity index (χ1n) is 5.34. The number of nitro groups is 1. The topological polar surface area (TPSA) is 80.8 Å². The maximum absolute atomic E-state index is 10.7. The minimum absolute atomic E-state index is 0.0273. The number of pyridine rings is 1. The minimum Gasteiger partial charge on any atom is -0.264 e. The second-order valence-electron chi connectivity index (χ2n) is 3.85. The summed E-state index contributed by atoms with van der Waals surface area (Å²) >= 11 is 0. The van der Waals surface area contributed by atoms with E-state index < -0.39 is 4.92 Å². The lowest BCUT2D eigenvalue weighted by atomic mass is 10.2. The third-order valence-corrected chi connectivity index (χ3v) is 2.68. The summed E-state index contributed by atoms with van der Waals surface area (Å²) in [6, 6.07) is 8.18. The van der Waals surface area contributed by atoms with Gasteiger partial charge in [0.1, 0.15) is 0 Å². The number of rotatable bonds is 2. The fourth-order valence-electron chi connectivity index (χ4n) is 1.81. The van der Waals surface area contributed by atoms with Gasteiger partial charge in [-0.1, -0.05) is 6.07 Å². The Morgan fingerprint density at radius 1 is 1.17 bits per heavy atom. The number of hydrogen-bond donors (Lipinski definition) is 0. The third-order valence-electron chi connectivity index (χ3n) is 2.68. The largest absolute Gasteiger partial charge is 0.271 e. The molecule has 1 aromatic carbocycles. The van der Waals surface area contributed by atoms with E-state index in [0.717, 1.165) is 5.56 Å². The molecule has 0 amide bonds. The highest BCUT2D eigenvalue weighted by molar-refractivity contribution is 5.29. The van der Waals surface area contributed by atoms with Gasteiger partial charge in [0.2, 0.25) is 0 Å². The zero-order chi connectivity index (χ0) is 12.5. The fourth-order valence-corrected chi connectivity index (χ4v) is 1.81. The molecule has 88 valence electrons. The van der Waals surface area contributed by atoms with Crippen molar-refractivity contribution in [3.05, 3.63) is 69.1 Å². The van der Waals surface area contributed by atoms with Crippen molar-refractivity contribution in [2.45, 2.75) is 6.17 Å². The van der Waals surface area contributed by atoms with E-state index in [-0.39, 0.29) is 11.9 Å². The molecule has 0 fully saturated rings. The number of nitrogens with zero attached hydrogens (tertiary/aromatic N) is 4. The van der Waals surface area contributed by atoms with E-state index in [1.807, 2.05) is 12.1 Å². The zero-order valence-corrected chi connectivity index (χ0v) is 9.22. The number of nitro benzene ring substituents is 1. The molecule has 0 aliphatic carbocycles. The van der Waals surface area contributed by atoms with Crippen LogP contribution in [0.15, 0.2) is 52.7 Å². The molecule has 0 saturated carbocycles. The summed E-state index contributed by atoms with van der Waals surface area (Å²) in [5, 5.41) is 11.9. The molecule has 0 saturated heterocycles. The van der Waals surface area contributed by atoms with E-state index in [1.165, 1.54) is 12.1 Å². The van der Waals surface area contributed by atoms with Crippen LogP contribution in [-0.4, -0.2) is 9.91 Å². The van der Waals surface area contributed by atoms with Gasteiger partial charge < -0.3 is 0 Å². The minimum atomic E-state index is -0.437. The van der Waals surface area contributed by atoms with Crippen molar-refractivity contribution in [1.29, 1.82) is 0 Å². The van der Waals surface area contributed by atoms with Crippen molar-refractivity contribution < 1.29 is 4.92 Å². The lowest BCUT2D eigenvalue weighted by Gasteiger charge is -2.01. The average molecular weight is 240 g/mol. The van der Waals surface area contributed by atoms with Gasteiger partial charge >= 0.3 is 0 Å². The van der Waals surface area contributed by atoms with Crippen molar-refractivity contribution >= 4 is 5.69 Å². The second-order valence-corrected chi connectivity index (χ2v) is 3.85. The Morgan fingerprint density at radius 3 is 2.72 bits per heavy atom. The third kappa shape index (κ3) is 1.73. The molecule has 6 nitrogen and oxygen atoms in total. The molecule has 1 aromatic heterocycles. The fraction of sp³-hybridized carbons (Fsp3) is 0.0833. The van der Waals surface area contributed by atoms with Crippen molar-refractivity contribution in [3.63, 3.8) is 0 Å². The molecule has 0 radical (unpaired) electrons. The van der Waals surface area contributed by atoms with E-state index in [0.29, 0.717) is 10.7 Å². The number of benzene rings is 1. The standard InChI is InChI=1S/C12H8N4O2/c17-16(18)9-3-4-10-11(6-9)15-12(14-10)8-2-1-5-13-7-8/h1-7,12H/t12-/m0/s1. The van der Waals surface area contributed by atoms with Gasteiger partial charge in [-0.15, -0.1) is 0 Å². The Bertz CT molecular complexity index is 727. The summed E-state index contributed by atoms with van der Waals surface area (Å²) in [6.07, 6.45) is 3.02. The first-order valence-corrected chi connectivity index (χ1v) is 5.34. The van der Waals surface area contributed by atoms with Crippen molar-refractivity contribution in [1.82, 2.24) is 4.98 Å². The Labute approximate surface area is 102 Å². The van der Waals surface area contributed by atoms with Crippen LogP contribution < -0.4 is 10.7 Å². The van der Waals surface area contributed by atoms with Gasteiger partial charge in [-0.3, -0.25) is 25.1 Å². The second kappa shape index (κ2) is 3.99. The zero-order valence-electron chi connectivity index (χ0n) is 9.22. The quantitative estimate of drug-likeness (QED) is 0.578. The van der Waals surface area contributed by atoms with Crippen LogP contribution in [0.25, 0.3) is 0 Å². The van der Waals surface area contributed by atoms with Crippen LogP contribution in [0, 0.1) is 10.1 Å². The molecular weight excluding hydrogens is 232 g/mol. The monoisotopic (exact) mass is 240 g/mol. The summed E-state index contributed by atoms with van der Waals surface area (Å²) < 4.78 is 0. The SMILES string of the molecule is O=[N+]([O-])c1ccc2c(c1)=N[C@@H](c1cccnc1)N=2. The van der Waals surface area contributed by atoms with Crippen LogP contribution in [0.3, 0.4) is 0 Å². The normalized spacial score (nSPS) is 16.6. The highest BCUT2D eigenvalue weighted by Gasteiger charge is 2.14. The lowest BCUT2D eigenvalue weighted by molar-refractivity contribution is -0.385. The molecular formula is C12H8N4O2. The molecule has 1 atom stereocenters. The molecule has 1 aliphatic rings. The van der Waals surface area contributed by atoms with Gasteiger partial charge in [0.05, 0.1) is 15.6 Å². The van der Waals surface area contributed by atoms with E-state index >= 15 is 0 Å². The summed E-state index contributed by atoms with van der Waals surface area (Å²) in [4.78, 5) is 23.0. The first-order chi connectivity index (χ1) is 8.74. The summed E-state index contributed by atoms with van der Waals surface area (Å²) in [7, 11) is 0. The number of aromatic nitrogens is 1. The van der Waals surface area contributed by atoms with E-state index in [2.05, 4.69) is 15.0 Å². The number of hydrogen-bond acceptors (Lipinski definition) is 5. The summed E-state index contributed by atoms with van der Waals surface area (Å²) in [5.41, 5.74) is 0.899. The molecule has 0 unspecified atom stereocenters. The Hall–Kier alpha value is -2.63. The highest BCUT2D eigenvalue weighted by atomic mass is 16.6. The van der Waals surface area contributed by atoms with Gasteiger partial charge in [-0.25, -0.2) is 0 Å². The van der Waals surface area contributed by atoms with E-state index in [9.17, 15) is 10.1 Å². The van der Waals surface area contributed by atoms with Gasteiger partial charge in [0.25, 0.3) is 5.69 Å². The van der Waals surface area contributed by atoms with Crippen LogP contribution in [0.2, 0.25) is 0 Å². The summed E-state index contributed by atoms with van der Waals surface area (Å²) in [5.74, 6) is 0. The van der Waals surface area contributed by atoms with Crippen molar-refractivity contribution in [2.75, 3.05) is 0 Å². The first kappa shape index (κ1) is 10.5. The molecule has 2 aromatic rings. The molecule has 18 heavy (non-hydrogen) atoms. The van der Waals surface area contributed by atoms with E-state index in [4.69, 9.17) is 0 Å². The molecule has 1 aliphatic heterocycles. The van der Waals surface area contributed by atoms with Crippen LogP contribution >= 0.6 is 0 Å². The molecule has 0 spiro atoms. The molecule has 6 heteroatoms. The van der Waals surface area contributed by atoms with Gasteiger partial charge in [0, 0.05) is 30.1 Å².